The Morgan fingerprint density at radius 2 is 1.78 bits per heavy atom. The van der Waals surface area contributed by atoms with E-state index in [2.05, 4.69) is 19.9 Å². The Kier molecular flexibility index (Phi) is 5.59. The molecular weight excluding hydrogens is 220 g/mol. The van der Waals surface area contributed by atoms with Crippen molar-refractivity contribution in [3.8, 4) is 0 Å². The zero-order chi connectivity index (χ0) is 12.8. The number of ether oxygens (including phenoxy) is 1. The topological polar surface area (TPSA) is 9.23 Å². The summed E-state index contributed by atoms with van der Waals surface area (Å²) >= 11 is 0. The molecule has 0 heterocycles. The molecule has 0 bridgehead atoms. The summed E-state index contributed by atoms with van der Waals surface area (Å²) < 4.78 is 5.88. The molecule has 1 nitrogen and oxygen atoms in total. The Labute approximate surface area is 113 Å². The van der Waals surface area contributed by atoms with Crippen LogP contribution in [0.4, 0.5) is 0 Å². The molecule has 0 amide bonds. The maximum Gasteiger partial charge on any atom is 0.0981 e. The van der Waals surface area contributed by atoms with E-state index in [0.717, 1.165) is 24.2 Å². The maximum atomic E-state index is 5.88. The number of allylic oxidation sites excluding steroid dienone is 1. The van der Waals surface area contributed by atoms with Crippen molar-refractivity contribution < 1.29 is 4.74 Å². The molecule has 2 aliphatic carbocycles. The molecule has 1 heteroatoms. The summed E-state index contributed by atoms with van der Waals surface area (Å²) in [6.45, 7) is 4.57. The van der Waals surface area contributed by atoms with Crippen LogP contribution in [0.1, 0.15) is 71.6 Å². The minimum atomic E-state index is 0.505. The Hall–Kier alpha value is -0.460. The minimum absolute atomic E-state index is 0.505. The van der Waals surface area contributed by atoms with Gasteiger partial charge < -0.3 is 4.74 Å². The van der Waals surface area contributed by atoms with E-state index in [-0.39, 0.29) is 0 Å². The second-order valence-corrected chi connectivity index (χ2v) is 6.48. The molecule has 2 saturated carbocycles. The quantitative estimate of drug-likeness (QED) is 0.614. The first-order valence-corrected chi connectivity index (χ1v) is 8.10. The number of hydrogen-bond acceptors (Lipinski definition) is 1. The first kappa shape index (κ1) is 14.0. The van der Waals surface area contributed by atoms with Crippen molar-refractivity contribution in [2.24, 2.45) is 17.8 Å². The van der Waals surface area contributed by atoms with Gasteiger partial charge in [-0.25, -0.2) is 0 Å². The molecule has 2 rings (SSSR count). The fourth-order valence-corrected chi connectivity index (χ4v) is 3.75. The van der Waals surface area contributed by atoms with Crippen LogP contribution in [-0.4, -0.2) is 6.10 Å². The Morgan fingerprint density at radius 1 is 1.00 bits per heavy atom. The van der Waals surface area contributed by atoms with Crippen LogP contribution in [0.3, 0.4) is 0 Å². The van der Waals surface area contributed by atoms with Crippen molar-refractivity contribution in [3.05, 3.63) is 12.3 Å². The highest BCUT2D eigenvalue weighted by atomic mass is 16.5. The van der Waals surface area contributed by atoms with E-state index >= 15 is 0 Å². The van der Waals surface area contributed by atoms with E-state index in [1.807, 2.05) is 6.26 Å². The molecule has 0 aromatic heterocycles. The lowest BCUT2D eigenvalue weighted by Gasteiger charge is -2.37. The molecule has 0 N–H and O–H groups in total. The summed E-state index contributed by atoms with van der Waals surface area (Å²) in [6.07, 6.45) is 16.9. The largest absolute Gasteiger partial charge is 0.498 e. The van der Waals surface area contributed by atoms with E-state index in [9.17, 15) is 0 Å². The standard InChI is InChI=1S/C17H30O/c1-3-4-12-18-17-7-5-6-16(13-17)15-10-8-14(2)9-11-15/h4,12,14-17H,3,5-11,13H2,1-2H3/t14?,15?,16-,17-/m1/s1. The average molecular weight is 250 g/mol. The Bertz CT molecular complexity index is 250. The van der Waals surface area contributed by atoms with E-state index < -0.39 is 0 Å². The van der Waals surface area contributed by atoms with Crippen LogP contribution < -0.4 is 0 Å². The van der Waals surface area contributed by atoms with Crippen molar-refractivity contribution in [2.45, 2.75) is 77.7 Å². The number of rotatable bonds is 4. The number of hydrogen-bond donors (Lipinski definition) is 0. The Morgan fingerprint density at radius 3 is 2.50 bits per heavy atom. The minimum Gasteiger partial charge on any atom is -0.498 e. The molecule has 0 spiro atoms. The lowest BCUT2D eigenvalue weighted by atomic mass is 9.71. The predicted molar refractivity (Wildman–Crippen MR) is 77.4 cm³/mol. The first-order valence-electron chi connectivity index (χ1n) is 8.10. The second kappa shape index (κ2) is 7.21. The van der Waals surface area contributed by atoms with Gasteiger partial charge in [-0.15, -0.1) is 0 Å². The van der Waals surface area contributed by atoms with Gasteiger partial charge in [-0.2, -0.15) is 0 Å². The van der Waals surface area contributed by atoms with Crippen LogP contribution in [-0.2, 0) is 4.74 Å². The van der Waals surface area contributed by atoms with Crippen LogP contribution in [0.2, 0.25) is 0 Å². The third-order valence-corrected chi connectivity index (χ3v) is 5.00. The van der Waals surface area contributed by atoms with Gasteiger partial charge in [-0.3, -0.25) is 0 Å². The molecule has 0 unspecified atom stereocenters. The molecule has 0 saturated heterocycles. The molecule has 2 aliphatic rings. The van der Waals surface area contributed by atoms with Gasteiger partial charge in [-0.05, 0) is 62.7 Å². The smallest absolute Gasteiger partial charge is 0.0981 e. The molecule has 2 fully saturated rings. The molecule has 0 aliphatic heterocycles. The predicted octanol–water partition coefficient (Wildman–Crippen LogP) is 5.31. The highest BCUT2D eigenvalue weighted by Gasteiger charge is 2.30. The van der Waals surface area contributed by atoms with Crippen molar-refractivity contribution in [3.63, 3.8) is 0 Å². The SMILES string of the molecule is CCC=CO[C@@H]1CCC[C@@H](C2CCC(C)CC2)C1. The lowest BCUT2D eigenvalue weighted by Crippen LogP contribution is -2.29. The van der Waals surface area contributed by atoms with E-state index in [1.54, 1.807) is 0 Å². The molecule has 2 atom stereocenters. The highest BCUT2D eigenvalue weighted by molar-refractivity contribution is 4.83. The molecule has 104 valence electrons. The van der Waals surface area contributed by atoms with Crippen molar-refractivity contribution in [1.29, 1.82) is 0 Å². The van der Waals surface area contributed by atoms with Crippen LogP contribution in [0, 0.1) is 17.8 Å². The maximum absolute atomic E-state index is 5.88. The molecule has 0 radical (unpaired) electrons. The lowest BCUT2D eigenvalue weighted by molar-refractivity contribution is 0.0523. The van der Waals surface area contributed by atoms with Crippen molar-refractivity contribution in [1.82, 2.24) is 0 Å². The van der Waals surface area contributed by atoms with Crippen LogP contribution in [0.5, 0.6) is 0 Å². The summed E-state index contributed by atoms with van der Waals surface area (Å²) in [5.41, 5.74) is 0. The monoisotopic (exact) mass is 250 g/mol. The average Bonchev–Trinajstić information content (AvgIpc) is 2.40. The first-order chi connectivity index (χ1) is 8.79. The second-order valence-electron chi connectivity index (χ2n) is 6.48. The molecule has 0 aromatic rings. The third-order valence-electron chi connectivity index (χ3n) is 5.00. The summed E-state index contributed by atoms with van der Waals surface area (Å²) in [7, 11) is 0. The van der Waals surface area contributed by atoms with E-state index in [0.29, 0.717) is 6.10 Å². The normalized spacial score (nSPS) is 37.9. The highest BCUT2D eigenvalue weighted by Crippen LogP contribution is 2.40. The van der Waals surface area contributed by atoms with Gasteiger partial charge in [0.1, 0.15) is 0 Å². The zero-order valence-electron chi connectivity index (χ0n) is 12.2. The van der Waals surface area contributed by atoms with E-state index in [1.165, 1.54) is 51.4 Å². The van der Waals surface area contributed by atoms with Crippen LogP contribution in [0.25, 0.3) is 0 Å². The van der Waals surface area contributed by atoms with Crippen LogP contribution in [0.15, 0.2) is 12.3 Å². The summed E-state index contributed by atoms with van der Waals surface area (Å²) in [5.74, 6) is 2.93. The zero-order valence-corrected chi connectivity index (χ0v) is 12.2. The van der Waals surface area contributed by atoms with E-state index in [4.69, 9.17) is 4.74 Å². The van der Waals surface area contributed by atoms with Gasteiger partial charge in [0.2, 0.25) is 0 Å². The summed E-state index contributed by atoms with van der Waals surface area (Å²) in [4.78, 5) is 0. The van der Waals surface area contributed by atoms with Gasteiger partial charge in [0.25, 0.3) is 0 Å². The van der Waals surface area contributed by atoms with Crippen LogP contribution >= 0.6 is 0 Å². The van der Waals surface area contributed by atoms with Crippen molar-refractivity contribution >= 4 is 0 Å². The fraction of sp³-hybridized carbons (Fsp3) is 0.882. The molecule has 0 aromatic carbocycles. The molecule has 18 heavy (non-hydrogen) atoms. The third kappa shape index (κ3) is 4.03. The van der Waals surface area contributed by atoms with Gasteiger partial charge in [-0.1, -0.05) is 32.8 Å². The van der Waals surface area contributed by atoms with Gasteiger partial charge in [0, 0.05) is 0 Å². The molecular formula is C17H30O. The fourth-order valence-electron chi connectivity index (χ4n) is 3.75. The van der Waals surface area contributed by atoms with Crippen molar-refractivity contribution in [2.75, 3.05) is 0 Å². The Balaban J connectivity index is 1.77. The van der Waals surface area contributed by atoms with Gasteiger partial charge >= 0.3 is 0 Å². The summed E-state index contributed by atoms with van der Waals surface area (Å²) in [6, 6.07) is 0. The van der Waals surface area contributed by atoms with Gasteiger partial charge in [0.15, 0.2) is 0 Å². The summed E-state index contributed by atoms with van der Waals surface area (Å²) in [5, 5.41) is 0. The van der Waals surface area contributed by atoms with Gasteiger partial charge in [0.05, 0.1) is 12.4 Å².